The molecule has 1 fully saturated rings. The molecule has 1 aromatic carbocycles. The molecule has 0 radical (unpaired) electrons. The predicted octanol–water partition coefficient (Wildman–Crippen LogP) is 1.73. The SMILES string of the molecule is NC(=NO)c1ccc(OCCOC2CCC2)cc1. The quantitative estimate of drug-likeness (QED) is 0.265. The molecule has 1 aliphatic rings. The van der Waals surface area contributed by atoms with E-state index in [4.69, 9.17) is 20.4 Å². The average Bonchev–Trinajstić information content (AvgIpc) is 2.36. The fourth-order valence-corrected chi connectivity index (χ4v) is 1.69. The molecule has 98 valence electrons. The number of nitrogens with zero attached hydrogens (tertiary/aromatic N) is 1. The number of hydrogen-bond donors (Lipinski definition) is 2. The predicted molar refractivity (Wildman–Crippen MR) is 68.0 cm³/mol. The number of oxime groups is 1. The molecule has 0 unspecified atom stereocenters. The van der Waals surface area contributed by atoms with Crippen LogP contribution in [0.15, 0.2) is 29.4 Å². The minimum Gasteiger partial charge on any atom is -0.491 e. The second kappa shape index (κ2) is 6.26. The van der Waals surface area contributed by atoms with Gasteiger partial charge < -0.3 is 20.4 Å². The van der Waals surface area contributed by atoms with Crippen LogP contribution >= 0.6 is 0 Å². The Hall–Kier alpha value is -1.75. The molecule has 0 spiro atoms. The molecule has 1 aromatic rings. The van der Waals surface area contributed by atoms with Crippen molar-refractivity contribution >= 4 is 5.84 Å². The highest BCUT2D eigenvalue weighted by Gasteiger charge is 2.17. The summed E-state index contributed by atoms with van der Waals surface area (Å²) in [5.41, 5.74) is 6.12. The van der Waals surface area contributed by atoms with E-state index >= 15 is 0 Å². The fourth-order valence-electron chi connectivity index (χ4n) is 1.69. The lowest BCUT2D eigenvalue weighted by Gasteiger charge is -2.25. The molecule has 0 atom stereocenters. The standard InChI is InChI=1S/C13H18N2O3/c14-13(15-16)10-4-6-12(7-5-10)18-9-8-17-11-2-1-3-11/h4-7,11,16H,1-3,8-9H2,(H2,14,15). The van der Waals surface area contributed by atoms with Gasteiger partial charge in [0.15, 0.2) is 5.84 Å². The smallest absolute Gasteiger partial charge is 0.170 e. The molecule has 0 aromatic heterocycles. The maximum Gasteiger partial charge on any atom is 0.170 e. The Bertz CT molecular complexity index is 399. The number of ether oxygens (including phenoxy) is 2. The van der Waals surface area contributed by atoms with E-state index in [1.807, 2.05) is 0 Å². The highest BCUT2D eigenvalue weighted by Crippen LogP contribution is 2.21. The second-order valence-corrected chi connectivity index (χ2v) is 4.28. The van der Waals surface area contributed by atoms with Crippen molar-refractivity contribution in [2.45, 2.75) is 25.4 Å². The van der Waals surface area contributed by atoms with Crippen molar-refractivity contribution in [3.63, 3.8) is 0 Å². The summed E-state index contributed by atoms with van der Waals surface area (Å²) in [6.45, 7) is 1.16. The van der Waals surface area contributed by atoms with Crippen molar-refractivity contribution in [2.75, 3.05) is 13.2 Å². The van der Waals surface area contributed by atoms with Gasteiger partial charge in [-0.15, -0.1) is 0 Å². The van der Waals surface area contributed by atoms with Gasteiger partial charge >= 0.3 is 0 Å². The molecule has 1 aliphatic carbocycles. The lowest BCUT2D eigenvalue weighted by molar-refractivity contribution is -0.0103. The summed E-state index contributed by atoms with van der Waals surface area (Å²) in [7, 11) is 0. The van der Waals surface area contributed by atoms with E-state index in [2.05, 4.69) is 5.16 Å². The maximum absolute atomic E-state index is 8.53. The van der Waals surface area contributed by atoms with Crippen LogP contribution in [0.25, 0.3) is 0 Å². The molecule has 0 aliphatic heterocycles. The minimum absolute atomic E-state index is 0.0925. The molecule has 0 amide bonds. The number of hydrogen-bond acceptors (Lipinski definition) is 4. The third kappa shape index (κ3) is 3.37. The lowest BCUT2D eigenvalue weighted by Crippen LogP contribution is -2.23. The van der Waals surface area contributed by atoms with Gasteiger partial charge in [0.25, 0.3) is 0 Å². The topological polar surface area (TPSA) is 77.1 Å². The van der Waals surface area contributed by atoms with Crippen LogP contribution in [-0.4, -0.2) is 30.4 Å². The van der Waals surface area contributed by atoms with E-state index in [0.717, 1.165) is 5.75 Å². The van der Waals surface area contributed by atoms with Gasteiger partial charge in [-0.25, -0.2) is 0 Å². The Labute approximate surface area is 106 Å². The van der Waals surface area contributed by atoms with Crippen LogP contribution in [0.5, 0.6) is 5.75 Å². The molecule has 2 rings (SSSR count). The largest absolute Gasteiger partial charge is 0.491 e. The third-order valence-corrected chi connectivity index (χ3v) is 3.02. The Kier molecular flexibility index (Phi) is 4.41. The summed E-state index contributed by atoms with van der Waals surface area (Å²) in [5.74, 6) is 0.844. The van der Waals surface area contributed by atoms with Crippen LogP contribution in [0.2, 0.25) is 0 Å². The number of rotatable bonds is 6. The lowest BCUT2D eigenvalue weighted by atomic mass is 9.96. The Morgan fingerprint density at radius 3 is 2.56 bits per heavy atom. The molecule has 0 heterocycles. The van der Waals surface area contributed by atoms with E-state index in [0.29, 0.717) is 24.9 Å². The monoisotopic (exact) mass is 250 g/mol. The van der Waals surface area contributed by atoms with Gasteiger partial charge in [0.05, 0.1) is 12.7 Å². The number of amidine groups is 1. The van der Waals surface area contributed by atoms with Crippen LogP contribution in [-0.2, 0) is 4.74 Å². The Balaban J connectivity index is 1.72. The summed E-state index contributed by atoms with van der Waals surface area (Å²) >= 11 is 0. The fraction of sp³-hybridized carbons (Fsp3) is 0.462. The number of benzene rings is 1. The average molecular weight is 250 g/mol. The molecular weight excluding hydrogens is 232 g/mol. The molecule has 3 N–H and O–H groups in total. The molecule has 0 bridgehead atoms. The summed E-state index contributed by atoms with van der Waals surface area (Å²) in [5, 5.41) is 11.5. The van der Waals surface area contributed by atoms with E-state index in [9.17, 15) is 0 Å². The van der Waals surface area contributed by atoms with Gasteiger partial charge in [0, 0.05) is 5.56 Å². The zero-order valence-electron chi connectivity index (χ0n) is 10.2. The van der Waals surface area contributed by atoms with Crippen molar-refractivity contribution in [2.24, 2.45) is 10.9 Å². The van der Waals surface area contributed by atoms with Crippen LogP contribution in [0.3, 0.4) is 0 Å². The zero-order valence-corrected chi connectivity index (χ0v) is 10.2. The van der Waals surface area contributed by atoms with Crippen molar-refractivity contribution < 1.29 is 14.7 Å². The Morgan fingerprint density at radius 2 is 2.00 bits per heavy atom. The zero-order chi connectivity index (χ0) is 12.8. The minimum atomic E-state index is 0.0925. The summed E-state index contributed by atoms with van der Waals surface area (Å²) in [6.07, 6.45) is 4.07. The highest BCUT2D eigenvalue weighted by molar-refractivity contribution is 5.97. The highest BCUT2D eigenvalue weighted by atomic mass is 16.5. The first kappa shape index (κ1) is 12.7. The summed E-state index contributed by atoms with van der Waals surface area (Å²) in [4.78, 5) is 0. The molecular formula is C13H18N2O3. The van der Waals surface area contributed by atoms with Gasteiger partial charge in [0.1, 0.15) is 12.4 Å². The Morgan fingerprint density at radius 1 is 1.28 bits per heavy atom. The van der Waals surface area contributed by atoms with E-state index in [1.54, 1.807) is 24.3 Å². The van der Waals surface area contributed by atoms with Gasteiger partial charge in [-0.3, -0.25) is 0 Å². The third-order valence-electron chi connectivity index (χ3n) is 3.02. The first-order valence-corrected chi connectivity index (χ1v) is 6.12. The molecule has 1 saturated carbocycles. The first-order chi connectivity index (χ1) is 8.79. The van der Waals surface area contributed by atoms with E-state index < -0.39 is 0 Å². The number of nitrogens with two attached hydrogens (primary N) is 1. The normalized spacial score (nSPS) is 16.3. The van der Waals surface area contributed by atoms with E-state index in [1.165, 1.54) is 19.3 Å². The van der Waals surface area contributed by atoms with Crippen LogP contribution < -0.4 is 10.5 Å². The first-order valence-electron chi connectivity index (χ1n) is 6.12. The molecule has 0 saturated heterocycles. The van der Waals surface area contributed by atoms with Crippen LogP contribution in [0.4, 0.5) is 0 Å². The van der Waals surface area contributed by atoms with Crippen molar-refractivity contribution in [3.05, 3.63) is 29.8 Å². The van der Waals surface area contributed by atoms with Crippen LogP contribution in [0.1, 0.15) is 24.8 Å². The van der Waals surface area contributed by atoms with Gasteiger partial charge in [-0.1, -0.05) is 5.16 Å². The molecule has 18 heavy (non-hydrogen) atoms. The van der Waals surface area contributed by atoms with Crippen LogP contribution in [0, 0.1) is 0 Å². The summed E-state index contributed by atoms with van der Waals surface area (Å²) in [6, 6.07) is 7.07. The summed E-state index contributed by atoms with van der Waals surface area (Å²) < 4.78 is 11.1. The van der Waals surface area contributed by atoms with E-state index in [-0.39, 0.29) is 5.84 Å². The molecule has 5 nitrogen and oxygen atoms in total. The maximum atomic E-state index is 8.53. The van der Waals surface area contributed by atoms with Crippen molar-refractivity contribution in [1.29, 1.82) is 0 Å². The van der Waals surface area contributed by atoms with Gasteiger partial charge in [0.2, 0.25) is 0 Å². The van der Waals surface area contributed by atoms with Crippen molar-refractivity contribution in [3.8, 4) is 5.75 Å². The van der Waals surface area contributed by atoms with Crippen molar-refractivity contribution in [1.82, 2.24) is 0 Å². The van der Waals surface area contributed by atoms with Gasteiger partial charge in [-0.05, 0) is 43.5 Å². The molecule has 5 heteroatoms. The second-order valence-electron chi connectivity index (χ2n) is 4.28. The van der Waals surface area contributed by atoms with Gasteiger partial charge in [-0.2, -0.15) is 0 Å².